The van der Waals surface area contributed by atoms with Crippen LogP contribution in [0.3, 0.4) is 0 Å². The molecule has 0 aliphatic carbocycles. The number of fused-ring (bicyclic) bond motifs is 1. The molecule has 2 N–H and O–H groups in total. The topological polar surface area (TPSA) is 35.2 Å². The van der Waals surface area contributed by atoms with Gasteiger partial charge in [-0.05, 0) is 38.3 Å². The fraction of sp³-hybridized carbons (Fsp3) is 0.111. The largest absolute Gasteiger partial charge is 0.487 e. The minimum Gasteiger partial charge on any atom is -0.487 e. The zero-order chi connectivity index (χ0) is 14.7. The predicted octanol–water partition coefficient (Wildman–Crippen LogP) is 4.64. The van der Waals surface area contributed by atoms with Crippen LogP contribution >= 0.6 is 15.9 Å². The average Bonchev–Trinajstić information content (AvgIpc) is 2.53. The molecule has 0 saturated carbocycles. The van der Waals surface area contributed by atoms with Crippen molar-refractivity contribution in [3.8, 4) is 5.75 Å². The van der Waals surface area contributed by atoms with Crippen molar-refractivity contribution in [1.29, 1.82) is 0 Å². The van der Waals surface area contributed by atoms with Gasteiger partial charge in [-0.3, -0.25) is 0 Å². The fourth-order valence-corrected chi connectivity index (χ4v) is 2.97. The molecule has 3 rings (SSSR count). The standard InChI is InChI=1S/C18H16BrNO/c19-17-10-4-7-14(11-20)18(17)21-12-15-8-3-6-13-5-1-2-9-16(13)15/h1-10H,11-12,20H2. The molecule has 0 atom stereocenters. The summed E-state index contributed by atoms with van der Waals surface area (Å²) < 4.78 is 6.96. The van der Waals surface area contributed by atoms with E-state index < -0.39 is 0 Å². The van der Waals surface area contributed by atoms with Crippen molar-refractivity contribution in [3.63, 3.8) is 0 Å². The van der Waals surface area contributed by atoms with Crippen LogP contribution in [0.1, 0.15) is 11.1 Å². The number of benzene rings is 3. The van der Waals surface area contributed by atoms with E-state index in [0.717, 1.165) is 15.8 Å². The lowest BCUT2D eigenvalue weighted by Crippen LogP contribution is -2.03. The Morgan fingerprint density at radius 1 is 0.857 bits per heavy atom. The Hall–Kier alpha value is -1.84. The normalized spacial score (nSPS) is 10.8. The SMILES string of the molecule is NCc1cccc(Br)c1OCc1cccc2ccccc12. The van der Waals surface area contributed by atoms with Crippen LogP contribution in [-0.4, -0.2) is 0 Å². The van der Waals surface area contributed by atoms with Crippen molar-refractivity contribution in [1.82, 2.24) is 0 Å². The Kier molecular flexibility index (Phi) is 4.23. The minimum absolute atomic E-state index is 0.463. The van der Waals surface area contributed by atoms with E-state index in [2.05, 4.69) is 52.3 Å². The van der Waals surface area contributed by atoms with Crippen LogP contribution in [0, 0.1) is 0 Å². The van der Waals surface area contributed by atoms with Crippen molar-refractivity contribution in [2.24, 2.45) is 5.73 Å². The highest BCUT2D eigenvalue weighted by atomic mass is 79.9. The predicted molar refractivity (Wildman–Crippen MR) is 90.3 cm³/mol. The number of hydrogen-bond acceptors (Lipinski definition) is 2. The van der Waals surface area contributed by atoms with E-state index in [1.165, 1.54) is 16.3 Å². The zero-order valence-electron chi connectivity index (χ0n) is 11.6. The highest BCUT2D eigenvalue weighted by Gasteiger charge is 2.08. The second-order valence-electron chi connectivity index (χ2n) is 4.86. The van der Waals surface area contributed by atoms with Gasteiger partial charge in [-0.2, -0.15) is 0 Å². The number of nitrogens with two attached hydrogens (primary N) is 1. The highest BCUT2D eigenvalue weighted by Crippen LogP contribution is 2.30. The van der Waals surface area contributed by atoms with Gasteiger partial charge < -0.3 is 10.5 Å². The van der Waals surface area contributed by atoms with Crippen molar-refractivity contribution in [3.05, 3.63) is 76.3 Å². The summed E-state index contributed by atoms with van der Waals surface area (Å²) in [5.74, 6) is 0.827. The quantitative estimate of drug-likeness (QED) is 0.750. The van der Waals surface area contributed by atoms with Gasteiger partial charge in [-0.15, -0.1) is 0 Å². The van der Waals surface area contributed by atoms with E-state index in [4.69, 9.17) is 10.5 Å². The smallest absolute Gasteiger partial charge is 0.138 e. The van der Waals surface area contributed by atoms with E-state index in [1.807, 2.05) is 24.3 Å². The Labute approximate surface area is 132 Å². The Morgan fingerprint density at radius 3 is 2.43 bits per heavy atom. The monoisotopic (exact) mass is 341 g/mol. The van der Waals surface area contributed by atoms with Gasteiger partial charge in [0.25, 0.3) is 0 Å². The first-order valence-electron chi connectivity index (χ1n) is 6.86. The molecule has 0 aliphatic rings. The van der Waals surface area contributed by atoms with Gasteiger partial charge in [0.05, 0.1) is 4.47 Å². The summed E-state index contributed by atoms with van der Waals surface area (Å²) in [5, 5.41) is 2.45. The summed E-state index contributed by atoms with van der Waals surface area (Å²) in [6.45, 7) is 0.987. The zero-order valence-corrected chi connectivity index (χ0v) is 13.1. The molecule has 2 nitrogen and oxygen atoms in total. The van der Waals surface area contributed by atoms with Crippen LogP contribution < -0.4 is 10.5 Å². The van der Waals surface area contributed by atoms with Crippen LogP contribution in [0.5, 0.6) is 5.75 Å². The van der Waals surface area contributed by atoms with Crippen molar-refractivity contribution in [2.45, 2.75) is 13.2 Å². The second-order valence-corrected chi connectivity index (χ2v) is 5.71. The highest BCUT2D eigenvalue weighted by molar-refractivity contribution is 9.10. The molecule has 0 bridgehead atoms. The molecule has 3 heteroatoms. The first-order chi connectivity index (χ1) is 10.3. The summed E-state index contributed by atoms with van der Waals surface area (Å²) in [7, 11) is 0. The maximum Gasteiger partial charge on any atom is 0.138 e. The molecular weight excluding hydrogens is 326 g/mol. The number of hydrogen-bond donors (Lipinski definition) is 1. The summed E-state index contributed by atoms with van der Waals surface area (Å²) in [6, 6.07) is 20.5. The molecule has 3 aromatic carbocycles. The summed E-state index contributed by atoms with van der Waals surface area (Å²) in [5.41, 5.74) is 7.96. The second kappa shape index (κ2) is 6.29. The Morgan fingerprint density at radius 2 is 1.57 bits per heavy atom. The van der Waals surface area contributed by atoms with E-state index in [0.29, 0.717) is 13.2 Å². The van der Waals surface area contributed by atoms with Crippen molar-refractivity contribution in [2.75, 3.05) is 0 Å². The maximum absolute atomic E-state index is 6.03. The molecule has 0 fully saturated rings. The lowest BCUT2D eigenvalue weighted by atomic mass is 10.1. The van der Waals surface area contributed by atoms with Gasteiger partial charge in [0.2, 0.25) is 0 Å². The maximum atomic E-state index is 6.03. The van der Waals surface area contributed by atoms with Gasteiger partial charge in [0.1, 0.15) is 12.4 Å². The van der Waals surface area contributed by atoms with Crippen molar-refractivity contribution < 1.29 is 4.74 Å². The Bertz CT molecular complexity index is 765. The van der Waals surface area contributed by atoms with E-state index in [-0.39, 0.29) is 0 Å². The van der Waals surface area contributed by atoms with Gasteiger partial charge >= 0.3 is 0 Å². The number of rotatable bonds is 4. The lowest BCUT2D eigenvalue weighted by molar-refractivity contribution is 0.302. The van der Waals surface area contributed by atoms with Crippen LogP contribution in [0.4, 0.5) is 0 Å². The first-order valence-corrected chi connectivity index (χ1v) is 7.66. The molecular formula is C18H16BrNO. The van der Waals surface area contributed by atoms with Gasteiger partial charge in [-0.1, -0.05) is 54.6 Å². The molecule has 0 saturated heterocycles. The third kappa shape index (κ3) is 2.94. The number of ether oxygens (including phenoxy) is 1. The third-order valence-corrected chi connectivity index (χ3v) is 4.14. The van der Waals surface area contributed by atoms with Crippen LogP contribution in [0.2, 0.25) is 0 Å². The van der Waals surface area contributed by atoms with Crippen LogP contribution in [-0.2, 0) is 13.2 Å². The third-order valence-electron chi connectivity index (χ3n) is 3.52. The van der Waals surface area contributed by atoms with E-state index in [9.17, 15) is 0 Å². The molecule has 0 radical (unpaired) electrons. The summed E-state index contributed by atoms with van der Waals surface area (Å²) >= 11 is 3.53. The molecule has 0 amide bonds. The van der Waals surface area contributed by atoms with Crippen molar-refractivity contribution >= 4 is 26.7 Å². The van der Waals surface area contributed by atoms with Gasteiger partial charge in [-0.25, -0.2) is 0 Å². The minimum atomic E-state index is 0.463. The Balaban J connectivity index is 1.91. The molecule has 0 aromatic heterocycles. The number of halogens is 1. The van der Waals surface area contributed by atoms with Gasteiger partial charge in [0.15, 0.2) is 0 Å². The number of para-hydroxylation sites is 1. The van der Waals surface area contributed by atoms with Crippen LogP contribution in [0.25, 0.3) is 10.8 Å². The summed E-state index contributed by atoms with van der Waals surface area (Å²) in [6.07, 6.45) is 0. The molecule has 0 unspecified atom stereocenters. The fourth-order valence-electron chi connectivity index (χ4n) is 2.44. The van der Waals surface area contributed by atoms with E-state index >= 15 is 0 Å². The molecule has 0 spiro atoms. The molecule has 3 aromatic rings. The summed E-state index contributed by atoms with van der Waals surface area (Å²) in [4.78, 5) is 0. The average molecular weight is 342 g/mol. The van der Waals surface area contributed by atoms with Crippen LogP contribution in [0.15, 0.2) is 65.1 Å². The molecule has 106 valence electrons. The van der Waals surface area contributed by atoms with Gasteiger partial charge in [0, 0.05) is 12.1 Å². The molecule has 21 heavy (non-hydrogen) atoms. The first kappa shape index (κ1) is 14.1. The lowest BCUT2D eigenvalue weighted by Gasteiger charge is -2.13. The molecule has 0 aliphatic heterocycles. The van der Waals surface area contributed by atoms with E-state index in [1.54, 1.807) is 0 Å². The molecule has 0 heterocycles.